The number of nitrogens with one attached hydrogen (secondary N) is 2. The van der Waals surface area contributed by atoms with Crippen LogP contribution in [0.3, 0.4) is 0 Å². The topological polar surface area (TPSA) is 83.6 Å². The first-order valence-electron chi connectivity index (χ1n) is 12.6. The smallest absolute Gasteiger partial charge is 0.410 e. The van der Waals surface area contributed by atoms with Gasteiger partial charge in [0.15, 0.2) is 0 Å². The molecule has 3 heterocycles. The minimum absolute atomic E-state index is 0.0178. The second-order valence-corrected chi connectivity index (χ2v) is 12.6. The first kappa shape index (κ1) is 26.6. The number of thiazole rings is 1. The number of hydrogen-bond donors (Lipinski definition) is 2. The van der Waals surface area contributed by atoms with E-state index in [1.54, 1.807) is 27.6 Å². The van der Waals surface area contributed by atoms with E-state index in [1.807, 2.05) is 45.9 Å². The molecule has 2 unspecified atom stereocenters. The zero-order valence-electron chi connectivity index (χ0n) is 21.9. The molecule has 36 heavy (non-hydrogen) atoms. The van der Waals surface area contributed by atoms with Crippen molar-refractivity contribution >= 4 is 49.9 Å². The van der Waals surface area contributed by atoms with Gasteiger partial charge in [0.1, 0.15) is 15.6 Å². The molecule has 0 spiro atoms. The molecule has 4 rings (SSSR count). The van der Waals surface area contributed by atoms with Gasteiger partial charge in [-0.1, -0.05) is 26.0 Å². The predicted molar refractivity (Wildman–Crippen MR) is 149 cm³/mol. The van der Waals surface area contributed by atoms with Gasteiger partial charge in [-0.3, -0.25) is 4.79 Å². The van der Waals surface area contributed by atoms with Crippen molar-refractivity contribution in [3.05, 3.63) is 34.7 Å². The molecule has 9 heteroatoms. The van der Waals surface area contributed by atoms with Gasteiger partial charge in [-0.2, -0.15) is 0 Å². The molecule has 0 saturated heterocycles. The van der Waals surface area contributed by atoms with E-state index in [2.05, 4.69) is 30.5 Å². The van der Waals surface area contributed by atoms with Crippen molar-refractivity contribution in [3.63, 3.8) is 0 Å². The van der Waals surface area contributed by atoms with Gasteiger partial charge in [0.25, 0.3) is 0 Å². The minimum atomic E-state index is -0.544. The fourth-order valence-electron chi connectivity index (χ4n) is 4.03. The number of nitrogens with zero attached hydrogens (tertiary/aromatic N) is 2. The average molecular weight is 529 g/mol. The van der Waals surface area contributed by atoms with Crippen molar-refractivity contribution in [1.29, 1.82) is 0 Å². The second kappa shape index (κ2) is 10.9. The van der Waals surface area contributed by atoms with Crippen molar-refractivity contribution < 1.29 is 14.3 Å². The number of thiophene rings is 1. The lowest BCUT2D eigenvalue weighted by Gasteiger charge is -2.30. The Bertz CT molecular complexity index is 1210. The molecule has 3 aromatic rings. The molecule has 0 fully saturated rings. The van der Waals surface area contributed by atoms with Crippen molar-refractivity contribution in [2.45, 2.75) is 72.6 Å². The Morgan fingerprint density at radius 1 is 1.19 bits per heavy atom. The largest absolute Gasteiger partial charge is 0.444 e. The standard InChI is InChI=1S/C27H36N4O3S2/c1-7-17(3)28-14-16(2)23(32)30-25-22(24-29-19-10-8-9-11-20(19)35-24)18-12-13-31(15-21(18)36-25)26(33)34-27(4,5)6/h8-11,16-17,28H,7,12-15H2,1-6H3,(H,30,32). The van der Waals surface area contributed by atoms with E-state index in [4.69, 9.17) is 9.72 Å². The summed E-state index contributed by atoms with van der Waals surface area (Å²) in [6, 6.07) is 8.45. The first-order chi connectivity index (χ1) is 17.1. The zero-order chi connectivity index (χ0) is 26.0. The predicted octanol–water partition coefficient (Wildman–Crippen LogP) is 6.28. The normalized spacial score (nSPS) is 15.4. The summed E-state index contributed by atoms with van der Waals surface area (Å²) in [5.41, 5.74) is 2.57. The average Bonchev–Trinajstić information content (AvgIpc) is 3.40. The van der Waals surface area contributed by atoms with Crippen LogP contribution >= 0.6 is 22.7 Å². The van der Waals surface area contributed by atoms with E-state index >= 15 is 0 Å². The van der Waals surface area contributed by atoms with Gasteiger partial charge >= 0.3 is 6.09 Å². The number of rotatable bonds is 7. The Hall–Kier alpha value is -2.49. The molecule has 2 amide bonds. The van der Waals surface area contributed by atoms with E-state index in [-0.39, 0.29) is 17.9 Å². The number of para-hydroxylation sites is 1. The molecule has 7 nitrogen and oxygen atoms in total. The fourth-order valence-corrected chi connectivity index (χ4v) is 6.41. The van der Waals surface area contributed by atoms with Crippen molar-refractivity contribution in [3.8, 4) is 10.6 Å². The maximum absolute atomic E-state index is 13.2. The van der Waals surface area contributed by atoms with Crippen LogP contribution < -0.4 is 10.6 Å². The molecule has 1 aromatic carbocycles. The lowest BCUT2D eigenvalue weighted by Crippen LogP contribution is -2.39. The number of anilines is 1. The van der Waals surface area contributed by atoms with E-state index in [9.17, 15) is 9.59 Å². The summed E-state index contributed by atoms with van der Waals surface area (Å²) in [5.74, 6) is -0.199. The molecule has 2 atom stereocenters. The number of fused-ring (bicyclic) bond motifs is 2. The Balaban J connectivity index is 1.64. The van der Waals surface area contributed by atoms with Crippen LogP contribution in [0.4, 0.5) is 9.80 Å². The molecular weight excluding hydrogens is 492 g/mol. The third-order valence-electron chi connectivity index (χ3n) is 6.29. The second-order valence-electron chi connectivity index (χ2n) is 10.5. The molecular formula is C27H36N4O3S2. The quantitative estimate of drug-likeness (QED) is 0.377. The summed E-state index contributed by atoms with van der Waals surface area (Å²) in [6.45, 7) is 13.5. The summed E-state index contributed by atoms with van der Waals surface area (Å²) in [7, 11) is 0. The summed E-state index contributed by atoms with van der Waals surface area (Å²) in [5, 5.41) is 8.34. The highest BCUT2D eigenvalue weighted by atomic mass is 32.1. The van der Waals surface area contributed by atoms with Crippen LogP contribution in [0, 0.1) is 5.92 Å². The van der Waals surface area contributed by atoms with E-state index in [0.29, 0.717) is 32.1 Å². The Morgan fingerprint density at radius 2 is 1.94 bits per heavy atom. The third-order valence-corrected chi connectivity index (χ3v) is 8.47. The van der Waals surface area contributed by atoms with Crippen LogP contribution in [0.1, 0.15) is 58.4 Å². The van der Waals surface area contributed by atoms with Crippen LogP contribution in [0.5, 0.6) is 0 Å². The maximum atomic E-state index is 13.2. The molecule has 0 bridgehead atoms. The lowest BCUT2D eigenvalue weighted by atomic mass is 10.0. The summed E-state index contributed by atoms with van der Waals surface area (Å²) >= 11 is 3.18. The van der Waals surface area contributed by atoms with Gasteiger partial charge in [-0.15, -0.1) is 22.7 Å². The minimum Gasteiger partial charge on any atom is -0.444 e. The highest BCUT2D eigenvalue weighted by molar-refractivity contribution is 7.22. The first-order valence-corrected chi connectivity index (χ1v) is 14.2. The maximum Gasteiger partial charge on any atom is 0.410 e. The van der Waals surface area contributed by atoms with Crippen LogP contribution in [-0.4, -0.2) is 46.6 Å². The number of carbonyl (C=O) groups excluding carboxylic acids is 2. The molecule has 2 N–H and O–H groups in total. The highest BCUT2D eigenvalue weighted by Crippen LogP contribution is 2.46. The lowest BCUT2D eigenvalue weighted by molar-refractivity contribution is -0.119. The third kappa shape index (κ3) is 6.07. The van der Waals surface area contributed by atoms with Gasteiger partial charge in [-0.25, -0.2) is 9.78 Å². The molecule has 1 aliphatic rings. The van der Waals surface area contributed by atoms with E-state index in [1.165, 1.54) is 5.56 Å². The SMILES string of the molecule is CCC(C)NCC(C)C(=O)Nc1sc2c(c1-c1nc3ccccc3s1)CCN(C(=O)OC(C)(C)C)C2. The molecule has 2 aromatic heterocycles. The number of hydrogen-bond acceptors (Lipinski definition) is 7. The summed E-state index contributed by atoms with van der Waals surface area (Å²) in [4.78, 5) is 33.6. The van der Waals surface area contributed by atoms with Crippen LogP contribution in [0.2, 0.25) is 0 Å². The number of carbonyl (C=O) groups is 2. The monoisotopic (exact) mass is 528 g/mol. The van der Waals surface area contributed by atoms with Gasteiger partial charge in [0, 0.05) is 35.5 Å². The number of aromatic nitrogens is 1. The Labute approximate surface area is 221 Å². The molecule has 0 saturated carbocycles. The number of benzene rings is 1. The van der Waals surface area contributed by atoms with Crippen LogP contribution in [-0.2, 0) is 22.5 Å². The van der Waals surface area contributed by atoms with Crippen LogP contribution in [0.15, 0.2) is 24.3 Å². The van der Waals surface area contributed by atoms with Gasteiger partial charge < -0.3 is 20.3 Å². The number of amides is 2. The molecule has 0 aliphatic carbocycles. The zero-order valence-corrected chi connectivity index (χ0v) is 23.6. The van der Waals surface area contributed by atoms with Crippen molar-refractivity contribution in [1.82, 2.24) is 15.2 Å². The fraction of sp³-hybridized carbons (Fsp3) is 0.519. The number of ether oxygens (including phenoxy) is 1. The molecule has 194 valence electrons. The van der Waals surface area contributed by atoms with Crippen LogP contribution in [0.25, 0.3) is 20.8 Å². The van der Waals surface area contributed by atoms with E-state index in [0.717, 1.165) is 37.1 Å². The summed E-state index contributed by atoms with van der Waals surface area (Å²) in [6.07, 6.45) is 1.40. The summed E-state index contributed by atoms with van der Waals surface area (Å²) < 4.78 is 6.72. The van der Waals surface area contributed by atoms with E-state index < -0.39 is 5.60 Å². The molecule has 1 aliphatic heterocycles. The Morgan fingerprint density at radius 3 is 2.64 bits per heavy atom. The molecule has 0 radical (unpaired) electrons. The van der Waals surface area contributed by atoms with Gasteiger partial charge in [0.2, 0.25) is 5.91 Å². The van der Waals surface area contributed by atoms with Crippen molar-refractivity contribution in [2.75, 3.05) is 18.4 Å². The van der Waals surface area contributed by atoms with Gasteiger partial charge in [0.05, 0.1) is 16.8 Å². The highest BCUT2D eigenvalue weighted by Gasteiger charge is 2.32. The van der Waals surface area contributed by atoms with Crippen molar-refractivity contribution in [2.24, 2.45) is 5.92 Å². The van der Waals surface area contributed by atoms with Gasteiger partial charge in [-0.05, 0) is 58.2 Å². The Kier molecular flexibility index (Phi) is 8.02.